The zero-order chi connectivity index (χ0) is 18.0. The highest BCUT2D eigenvalue weighted by Gasteiger charge is 2.12. The molecule has 3 aromatic rings. The van der Waals surface area contributed by atoms with Gasteiger partial charge in [0.25, 0.3) is 5.78 Å². The fraction of sp³-hybridized carbons (Fsp3) is 0.267. The molecular weight excluding hydrogens is 342 g/mol. The first-order valence-corrected chi connectivity index (χ1v) is 9.32. The number of benzene rings is 1. The second kappa shape index (κ2) is 6.65. The van der Waals surface area contributed by atoms with Crippen LogP contribution in [0, 0.1) is 0 Å². The van der Waals surface area contributed by atoms with Crippen molar-refractivity contribution in [3.8, 4) is 0 Å². The summed E-state index contributed by atoms with van der Waals surface area (Å²) in [6.07, 6.45) is 1.43. The Morgan fingerprint density at radius 3 is 2.48 bits per heavy atom. The molecule has 0 aliphatic rings. The fourth-order valence-corrected chi connectivity index (χ4v) is 2.99. The Balaban J connectivity index is 1.99. The number of nitrogens with one attached hydrogen (secondary N) is 1. The summed E-state index contributed by atoms with van der Waals surface area (Å²) in [6.45, 7) is 5.74. The maximum absolute atomic E-state index is 11.3. The van der Waals surface area contributed by atoms with Crippen molar-refractivity contribution >= 4 is 33.1 Å². The number of sulfonamides is 1. The van der Waals surface area contributed by atoms with Gasteiger partial charge >= 0.3 is 0 Å². The first kappa shape index (κ1) is 17.1. The molecule has 0 aliphatic carbocycles. The normalized spacial score (nSPS) is 11.6. The van der Waals surface area contributed by atoms with Crippen molar-refractivity contribution in [1.29, 1.82) is 0 Å². The Morgan fingerprint density at radius 2 is 1.88 bits per heavy atom. The van der Waals surface area contributed by atoms with Crippen molar-refractivity contribution in [2.45, 2.75) is 18.7 Å². The Kier molecular flexibility index (Phi) is 4.55. The topological polar surface area (TPSA) is 119 Å². The summed E-state index contributed by atoms with van der Waals surface area (Å²) < 4.78 is 24.3. The largest absolute Gasteiger partial charge is 0.357 e. The Labute approximate surface area is 145 Å². The van der Waals surface area contributed by atoms with Gasteiger partial charge in [0.15, 0.2) is 0 Å². The van der Waals surface area contributed by atoms with E-state index in [9.17, 15) is 8.42 Å². The van der Waals surface area contributed by atoms with Crippen molar-refractivity contribution in [1.82, 2.24) is 19.6 Å². The zero-order valence-corrected chi connectivity index (χ0v) is 14.7. The SMILES string of the molecule is CCN(CC)c1cc(Nc2ccc(S(N)(=O)=O)cc2)n2ncnc2n1. The highest BCUT2D eigenvalue weighted by molar-refractivity contribution is 7.89. The minimum Gasteiger partial charge on any atom is -0.357 e. The van der Waals surface area contributed by atoms with Crippen LogP contribution in [0.1, 0.15) is 13.8 Å². The van der Waals surface area contributed by atoms with Crippen molar-refractivity contribution in [3.05, 3.63) is 36.7 Å². The number of hydrogen-bond donors (Lipinski definition) is 2. The summed E-state index contributed by atoms with van der Waals surface area (Å²) in [5.74, 6) is 1.94. The molecular formula is C15H19N7O2S. The fourth-order valence-electron chi connectivity index (χ4n) is 2.47. The molecule has 9 nitrogen and oxygen atoms in total. The van der Waals surface area contributed by atoms with Gasteiger partial charge in [-0.1, -0.05) is 0 Å². The number of fused-ring (bicyclic) bond motifs is 1. The molecule has 0 saturated carbocycles. The number of nitrogens with zero attached hydrogens (tertiary/aromatic N) is 5. The van der Waals surface area contributed by atoms with Crippen LogP contribution in [0.15, 0.2) is 41.6 Å². The molecule has 1 aromatic carbocycles. The average molecular weight is 361 g/mol. The standard InChI is InChI=1S/C15H19N7O2S/c1-3-21(4-2)13-9-14(22-15(20-13)17-10-18-22)19-11-5-7-12(8-6-11)25(16,23)24/h5-10,19H,3-4H2,1-2H3,(H2,16,23,24). The van der Waals surface area contributed by atoms with Crippen LogP contribution in [0.5, 0.6) is 0 Å². The second-order valence-electron chi connectivity index (χ2n) is 5.34. The molecule has 2 aromatic heterocycles. The van der Waals surface area contributed by atoms with Gasteiger partial charge in [-0.05, 0) is 38.1 Å². The van der Waals surface area contributed by atoms with Gasteiger partial charge in [-0.2, -0.15) is 19.6 Å². The van der Waals surface area contributed by atoms with E-state index in [-0.39, 0.29) is 4.90 Å². The summed E-state index contributed by atoms with van der Waals surface area (Å²) in [5, 5.41) is 12.5. The third-order valence-corrected chi connectivity index (χ3v) is 4.71. The van der Waals surface area contributed by atoms with Crippen LogP contribution in [0.4, 0.5) is 17.3 Å². The van der Waals surface area contributed by atoms with Crippen LogP contribution in [0.3, 0.4) is 0 Å². The minimum absolute atomic E-state index is 0.0579. The molecule has 3 rings (SSSR count). The number of primary sulfonamides is 1. The van der Waals surface area contributed by atoms with E-state index in [0.717, 1.165) is 18.9 Å². The van der Waals surface area contributed by atoms with Crippen LogP contribution in [-0.4, -0.2) is 41.1 Å². The molecule has 132 valence electrons. The minimum atomic E-state index is -3.71. The molecule has 0 unspecified atom stereocenters. The van der Waals surface area contributed by atoms with E-state index in [1.54, 1.807) is 16.6 Å². The lowest BCUT2D eigenvalue weighted by molar-refractivity contribution is 0.598. The maximum Gasteiger partial charge on any atom is 0.256 e. The molecule has 2 heterocycles. The van der Waals surface area contributed by atoms with Gasteiger partial charge in [0.2, 0.25) is 10.0 Å². The van der Waals surface area contributed by atoms with Gasteiger partial charge < -0.3 is 10.2 Å². The number of nitrogens with two attached hydrogens (primary N) is 1. The lowest BCUT2D eigenvalue weighted by atomic mass is 10.3. The molecule has 0 radical (unpaired) electrons. The quantitative estimate of drug-likeness (QED) is 0.680. The van der Waals surface area contributed by atoms with Gasteiger partial charge in [0.1, 0.15) is 18.0 Å². The van der Waals surface area contributed by atoms with Crippen LogP contribution in [0.25, 0.3) is 5.78 Å². The maximum atomic E-state index is 11.3. The average Bonchev–Trinajstić information content (AvgIpc) is 3.04. The van der Waals surface area contributed by atoms with Crippen LogP contribution in [-0.2, 0) is 10.0 Å². The summed E-state index contributed by atoms with van der Waals surface area (Å²) >= 11 is 0. The first-order valence-electron chi connectivity index (χ1n) is 7.78. The number of anilines is 3. The Bertz CT molecular complexity index is 979. The predicted octanol–water partition coefficient (Wildman–Crippen LogP) is 1.36. The Morgan fingerprint density at radius 1 is 1.20 bits per heavy atom. The van der Waals surface area contributed by atoms with E-state index in [1.807, 2.05) is 6.07 Å². The number of rotatable bonds is 6. The van der Waals surface area contributed by atoms with Crippen molar-refractivity contribution in [2.75, 3.05) is 23.3 Å². The molecule has 0 saturated heterocycles. The smallest absolute Gasteiger partial charge is 0.256 e. The van der Waals surface area contributed by atoms with Crippen LogP contribution < -0.4 is 15.4 Å². The van der Waals surface area contributed by atoms with E-state index < -0.39 is 10.0 Å². The molecule has 0 fully saturated rings. The van der Waals surface area contributed by atoms with Crippen LogP contribution in [0.2, 0.25) is 0 Å². The van der Waals surface area contributed by atoms with Gasteiger partial charge in [0.05, 0.1) is 4.90 Å². The highest BCUT2D eigenvalue weighted by atomic mass is 32.2. The zero-order valence-electron chi connectivity index (χ0n) is 13.9. The molecule has 3 N–H and O–H groups in total. The lowest BCUT2D eigenvalue weighted by Gasteiger charge is -2.20. The number of aromatic nitrogens is 4. The first-order chi connectivity index (χ1) is 11.9. The van der Waals surface area contributed by atoms with E-state index >= 15 is 0 Å². The third-order valence-electron chi connectivity index (χ3n) is 3.78. The molecule has 0 amide bonds. The molecule has 0 spiro atoms. The summed E-state index contributed by atoms with van der Waals surface area (Å²) in [5.41, 5.74) is 0.695. The van der Waals surface area contributed by atoms with Gasteiger partial charge in [-0.25, -0.2) is 13.6 Å². The number of hydrogen-bond acceptors (Lipinski definition) is 7. The molecule has 0 atom stereocenters. The van der Waals surface area contributed by atoms with Crippen molar-refractivity contribution in [2.24, 2.45) is 5.14 Å². The van der Waals surface area contributed by atoms with E-state index in [2.05, 4.69) is 39.1 Å². The Hall–Kier alpha value is -2.72. The summed E-state index contributed by atoms with van der Waals surface area (Å²) in [4.78, 5) is 10.8. The van der Waals surface area contributed by atoms with Crippen molar-refractivity contribution < 1.29 is 8.42 Å². The molecule has 10 heteroatoms. The van der Waals surface area contributed by atoms with E-state index in [1.165, 1.54) is 18.5 Å². The van der Waals surface area contributed by atoms with E-state index in [0.29, 0.717) is 17.3 Å². The van der Waals surface area contributed by atoms with Gasteiger partial charge in [-0.3, -0.25) is 0 Å². The second-order valence-corrected chi connectivity index (χ2v) is 6.90. The highest BCUT2D eigenvalue weighted by Crippen LogP contribution is 2.22. The molecule has 25 heavy (non-hydrogen) atoms. The molecule has 0 bridgehead atoms. The molecule has 0 aliphatic heterocycles. The predicted molar refractivity (Wildman–Crippen MR) is 95.4 cm³/mol. The van der Waals surface area contributed by atoms with Gasteiger partial charge in [-0.15, -0.1) is 0 Å². The lowest BCUT2D eigenvalue weighted by Crippen LogP contribution is -2.23. The third kappa shape index (κ3) is 3.54. The van der Waals surface area contributed by atoms with Crippen LogP contribution >= 0.6 is 0 Å². The van der Waals surface area contributed by atoms with E-state index in [4.69, 9.17) is 5.14 Å². The van der Waals surface area contributed by atoms with Crippen molar-refractivity contribution in [3.63, 3.8) is 0 Å². The summed E-state index contributed by atoms with van der Waals surface area (Å²) in [6, 6.07) is 8.05. The summed E-state index contributed by atoms with van der Waals surface area (Å²) in [7, 11) is -3.71. The van der Waals surface area contributed by atoms with Gasteiger partial charge in [0, 0.05) is 24.8 Å². The monoisotopic (exact) mass is 361 g/mol.